The van der Waals surface area contributed by atoms with Crippen molar-refractivity contribution >= 4 is 15.7 Å². The molecule has 134 valence electrons. The molecule has 1 atom stereocenters. The Labute approximate surface area is 144 Å². The Balaban J connectivity index is 1.97. The van der Waals surface area contributed by atoms with E-state index in [0.29, 0.717) is 19.1 Å². The summed E-state index contributed by atoms with van der Waals surface area (Å²) in [5.41, 5.74) is 0.176. The monoisotopic (exact) mass is 354 g/mol. The Bertz CT molecular complexity index is 673. The van der Waals surface area contributed by atoms with Crippen LogP contribution < -0.4 is 5.32 Å². The van der Waals surface area contributed by atoms with E-state index >= 15 is 0 Å². The zero-order chi connectivity index (χ0) is 17.7. The van der Waals surface area contributed by atoms with Crippen molar-refractivity contribution in [1.29, 1.82) is 0 Å². The van der Waals surface area contributed by atoms with E-state index in [1.807, 2.05) is 0 Å². The molecule has 6 nitrogen and oxygen atoms in total. The highest BCUT2D eigenvalue weighted by atomic mass is 32.2. The summed E-state index contributed by atoms with van der Waals surface area (Å²) in [6.45, 7) is 8.04. The molecule has 2 rings (SSSR count). The molecule has 24 heavy (non-hydrogen) atoms. The summed E-state index contributed by atoms with van der Waals surface area (Å²) in [6.07, 6.45) is 1.03. The first kappa shape index (κ1) is 18.9. The van der Waals surface area contributed by atoms with E-state index in [1.165, 1.54) is 12.1 Å². The van der Waals surface area contributed by atoms with E-state index in [0.717, 1.165) is 25.9 Å². The fourth-order valence-corrected chi connectivity index (χ4v) is 3.75. The van der Waals surface area contributed by atoms with Crippen molar-refractivity contribution in [2.45, 2.75) is 24.8 Å². The van der Waals surface area contributed by atoms with Crippen LogP contribution in [-0.2, 0) is 14.6 Å². The summed E-state index contributed by atoms with van der Waals surface area (Å²) in [5.74, 6) is 0.195. The number of nitrogens with one attached hydrogen (secondary N) is 1. The Morgan fingerprint density at radius 2 is 2.08 bits per heavy atom. The number of carbonyl (C=O) groups is 1. The summed E-state index contributed by atoms with van der Waals surface area (Å²) in [5, 5.41) is 2.80. The molecule has 1 aromatic carbocycles. The van der Waals surface area contributed by atoms with Gasteiger partial charge < -0.3 is 10.1 Å². The van der Waals surface area contributed by atoms with Crippen LogP contribution in [0.2, 0.25) is 0 Å². The average Bonchev–Trinajstić information content (AvgIpc) is 2.51. The van der Waals surface area contributed by atoms with Gasteiger partial charge in [0.25, 0.3) is 5.91 Å². The van der Waals surface area contributed by atoms with Crippen molar-refractivity contribution in [3.8, 4) is 0 Å². The topological polar surface area (TPSA) is 75.7 Å². The SMILES string of the molecule is CC(C)CN1CCOC(CNC(=O)c2ccccc2S(C)(=O)=O)C1. The standard InChI is InChI=1S/C17H26N2O4S/c1-13(2)11-19-8-9-23-14(12-19)10-18-17(20)15-6-4-5-7-16(15)24(3,21)22/h4-7,13-14H,8-12H2,1-3H3,(H,18,20). The summed E-state index contributed by atoms with van der Waals surface area (Å²) >= 11 is 0. The molecule has 1 N–H and O–H groups in total. The maximum atomic E-state index is 12.4. The predicted molar refractivity (Wildman–Crippen MR) is 92.9 cm³/mol. The lowest BCUT2D eigenvalue weighted by atomic mass is 10.1. The number of morpholine rings is 1. The quantitative estimate of drug-likeness (QED) is 0.830. The molecule has 0 aromatic heterocycles. The molecule has 7 heteroatoms. The molecule has 1 heterocycles. The molecule has 0 radical (unpaired) electrons. The van der Waals surface area contributed by atoms with Gasteiger partial charge in [0, 0.05) is 32.4 Å². The second kappa shape index (κ2) is 8.09. The van der Waals surface area contributed by atoms with Crippen LogP contribution in [0.3, 0.4) is 0 Å². The third-order valence-electron chi connectivity index (χ3n) is 3.87. The van der Waals surface area contributed by atoms with Gasteiger partial charge in [-0.25, -0.2) is 8.42 Å². The van der Waals surface area contributed by atoms with Crippen molar-refractivity contribution in [2.75, 3.05) is 39.0 Å². The van der Waals surface area contributed by atoms with Gasteiger partial charge in [0.1, 0.15) is 0 Å². The van der Waals surface area contributed by atoms with Gasteiger partial charge in [-0.05, 0) is 18.1 Å². The highest BCUT2D eigenvalue weighted by Crippen LogP contribution is 2.15. The van der Waals surface area contributed by atoms with Crippen molar-refractivity contribution < 1.29 is 17.9 Å². The molecule has 1 aliphatic rings. The fourth-order valence-electron chi connectivity index (χ4n) is 2.87. The van der Waals surface area contributed by atoms with Crippen LogP contribution in [0.4, 0.5) is 0 Å². The van der Waals surface area contributed by atoms with Gasteiger partial charge in [0.2, 0.25) is 0 Å². The van der Waals surface area contributed by atoms with Crippen molar-refractivity contribution in [3.63, 3.8) is 0 Å². The lowest BCUT2D eigenvalue weighted by Crippen LogP contribution is -2.48. The summed E-state index contributed by atoms with van der Waals surface area (Å²) in [6, 6.07) is 6.25. The number of ether oxygens (including phenoxy) is 1. The number of hydrogen-bond donors (Lipinski definition) is 1. The zero-order valence-corrected chi connectivity index (χ0v) is 15.3. The Hall–Kier alpha value is -1.44. The first-order valence-corrected chi connectivity index (χ1v) is 10.1. The van der Waals surface area contributed by atoms with Crippen LogP contribution in [-0.4, -0.2) is 64.4 Å². The summed E-state index contributed by atoms with van der Waals surface area (Å²) in [4.78, 5) is 14.7. The number of carbonyl (C=O) groups excluding carboxylic acids is 1. The second-order valence-electron chi connectivity index (χ2n) is 6.62. The third-order valence-corrected chi connectivity index (χ3v) is 5.02. The number of rotatable bonds is 6. The second-order valence-corrected chi connectivity index (χ2v) is 8.61. The fraction of sp³-hybridized carbons (Fsp3) is 0.588. The van der Waals surface area contributed by atoms with Gasteiger partial charge in [-0.2, -0.15) is 0 Å². The number of nitrogens with zero attached hydrogens (tertiary/aromatic N) is 1. The Morgan fingerprint density at radius 1 is 1.38 bits per heavy atom. The van der Waals surface area contributed by atoms with Gasteiger partial charge in [0.15, 0.2) is 9.84 Å². The highest BCUT2D eigenvalue weighted by Gasteiger charge is 2.23. The number of sulfone groups is 1. The third kappa shape index (κ3) is 5.29. The minimum atomic E-state index is -3.44. The predicted octanol–water partition coefficient (Wildman–Crippen LogP) is 1.18. The molecule has 1 saturated heterocycles. The van der Waals surface area contributed by atoms with Crippen molar-refractivity contribution in [2.24, 2.45) is 5.92 Å². The van der Waals surface area contributed by atoms with E-state index in [4.69, 9.17) is 4.74 Å². The van der Waals surface area contributed by atoms with Gasteiger partial charge in [0.05, 0.1) is 23.2 Å². The molecule has 1 unspecified atom stereocenters. The summed E-state index contributed by atoms with van der Waals surface area (Å²) in [7, 11) is -3.44. The number of hydrogen-bond acceptors (Lipinski definition) is 5. The van der Waals surface area contributed by atoms with E-state index in [1.54, 1.807) is 12.1 Å². The van der Waals surface area contributed by atoms with Crippen LogP contribution in [0.1, 0.15) is 24.2 Å². The highest BCUT2D eigenvalue weighted by molar-refractivity contribution is 7.90. The molecule has 1 fully saturated rings. The van der Waals surface area contributed by atoms with E-state index < -0.39 is 9.84 Å². The van der Waals surface area contributed by atoms with Gasteiger partial charge >= 0.3 is 0 Å². The first-order chi connectivity index (χ1) is 11.3. The van der Waals surface area contributed by atoms with E-state index in [-0.39, 0.29) is 22.5 Å². The molecule has 0 saturated carbocycles. The zero-order valence-electron chi connectivity index (χ0n) is 14.5. The normalized spacial score (nSPS) is 19.4. The molecule has 0 aliphatic carbocycles. The minimum absolute atomic E-state index is 0.0495. The summed E-state index contributed by atoms with van der Waals surface area (Å²) < 4.78 is 29.3. The van der Waals surface area contributed by atoms with Crippen molar-refractivity contribution in [3.05, 3.63) is 29.8 Å². The Kier molecular flexibility index (Phi) is 6.37. The van der Waals surface area contributed by atoms with Gasteiger partial charge in [-0.3, -0.25) is 9.69 Å². The van der Waals surface area contributed by atoms with Crippen LogP contribution >= 0.6 is 0 Å². The first-order valence-electron chi connectivity index (χ1n) is 8.18. The molecule has 1 amide bonds. The number of benzene rings is 1. The average molecular weight is 354 g/mol. The largest absolute Gasteiger partial charge is 0.374 e. The lowest BCUT2D eigenvalue weighted by molar-refractivity contribution is -0.0295. The van der Waals surface area contributed by atoms with Gasteiger partial charge in [-0.15, -0.1) is 0 Å². The lowest BCUT2D eigenvalue weighted by Gasteiger charge is -2.34. The van der Waals surface area contributed by atoms with E-state index in [2.05, 4.69) is 24.1 Å². The van der Waals surface area contributed by atoms with Crippen LogP contribution in [0.15, 0.2) is 29.2 Å². The maximum Gasteiger partial charge on any atom is 0.252 e. The molecule has 1 aliphatic heterocycles. The molecule has 1 aromatic rings. The molecular weight excluding hydrogens is 328 g/mol. The maximum absolute atomic E-state index is 12.4. The van der Waals surface area contributed by atoms with Crippen molar-refractivity contribution in [1.82, 2.24) is 10.2 Å². The van der Waals surface area contributed by atoms with Gasteiger partial charge in [-0.1, -0.05) is 26.0 Å². The smallest absolute Gasteiger partial charge is 0.252 e. The van der Waals surface area contributed by atoms with Crippen LogP contribution in [0.25, 0.3) is 0 Å². The minimum Gasteiger partial charge on any atom is -0.374 e. The van der Waals surface area contributed by atoms with Crippen LogP contribution in [0.5, 0.6) is 0 Å². The van der Waals surface area contributed by atoms with E-state index in [9.17, 15) is 13.2 Å². The Morgan fingerprint density at radius 3 is 2.75 bits per heavy atom. The molecule has 0 spiro atoms. The molecular formula is C17H26N2O4S. The van der Waals surface area contributed by atoms with Crippen LogP contribution in [0, 0.1) is 5.92 Å². The molecule has 0 bridgehead atoms. The number of amides is 1.